The van der Waals surface area contributed by atoms with Gasteiger partial charge in [-0.1, -0.05) is 23.8 Å². The van der Waals surface area contributed by atoms with Crippen molar-refractivity contribution in [2.75, 3.05) is 23.7 Å². The van der Waals surface area contributed by atoms with Gasteiger partial charge in [-0.2, -0.15) is 0 Å². The monoisotopic (exact) mass is 372 g/mol. The number of rotatable bonds is 2. The summed E-state index contributed by atoms with van der Waals surface area (Å²) in [5.41, 5.74) is 2.16. The number of likely N-dealkylation sites (tertiary alicyclic amines) is 1. The molecule has 25 heavy (non-hydrogen) atoms. The van der Waals surface area contributed by atoms with Crippen molar-refractivity contribution in [1.29, 1.82) is 0 Å². The number of aryl methyl sites for hydroxylation is 1. The summed E-state index contributed by atoms with van der Waals surface area (Å²) in [6.45, 7) is 3.44. The van der Waals surface area contributed by atoms with Gasteiger partial charge >= 0.3 is 0 Å². The Morgan fingerprint density at radius 3 is 2.48 bits per heavy atom. The lowest BCUT2D eigenvalue weighted by Crippen LogP contribution is -2.53. The molecule has 1 aromatic carbocycles. The van der Waals surface area contributed by atoms with Crippen LogP contribution in [0.3, 0.4) is 0 Å². The molecule has 2 aromatic rings. The Hall–Kier alpha value is -1.79. The predicted octanol–water partition coefficient (Wildman–Crippen LogP) is 3.77. The fraction of sp³-hybridized carbons (Fsp3) is 0.368. The molecule has 6 heteroatoms. The number of amides is 2. The van der Waals surface area contributed by atoms with Crippen LogP contribution in [0.2, 0.25) is 0 Å². The summed E-state index contributed by atoms with van der Waals surface area (Å²) in [6, 6.07) is 12.0. The molecule has 0 atom stereocenters. The molecule has 0 saturated carbocycles. The van der Waals surface area contributed by atoms with Gasteiger partial charge in [0.1, 0.15) is 0 Å². The van der Waals surface area contributed by atoms with E-state index in [9.17, 15) is 9.59 Å². The number of anilines is 1. The van der Waals surface area contributed by atoms with Crippen LogP contribution in [0, 0.1) is 6.92 Å². The smallest absolute Gasteiger partial charge is 0.263 e. The fourth-order valence-corrected chi connectivity index (χ4v) is 5.63. The maximum absolute atomic E-state index is 12.6. The zero-order valence-electron chi connectivity index (χ0n) is 14.1. The highest BCUT2D eigenvalue weighted by molar-refractivity contribution is 8.02. The van der Waals surface area contributed by atoms with E-state index in [1.807, 2.05) is 39.4 Å². The third-order valence-corrected chi connectivity index (χ3v) is 7.35. The molecular weight excluding hydrogens is 352 g/mol. The van der Waals surface area contributed by atoms with Crippen LogP contribution in [0.1, 0.15) is 28.1 Å². The molecule has 3 heterocycles. The van der Waals surface area contributed by atoms with Crippen molar-refractivity contribution >= 4 is 40.6 Å². The Kier molecular flexibility index (Phi) is 4.33. The number of benzene rings is 1. The predicted molar refractivity (Wildman–Crippen MR) is 103 cm³/mol. The number of thioether (sulfide) groups is 1. The van der Waals surface area contributed by atoms with Gasteiger partial charge in [0.2, 0.25) is 5.91 Å². The first-order chi connectivity index (χ1) is 12.1. The molecule has 0 bridgehead atoms. The SMILES string of the molecule is Cc1ccc(N2C(=O)CSC23CCN(C(=O)c2cccs2)CC3)cc1. The molecule has 0 unspecified atom stereocenters. The van der Waals surface area contributed by atoms with Gasteiger partial charge in [0.15, 0.2) is 0 Å². The van der Waals surface area contributed by atoms with Gasteiger partial charge in [-0.15, -0.1) is 23.1 Å². The van der Waals surface area contributed by atoms with E-state index < -0.39 is 0 Å². The summed E-state index contributed by atoms with van der Waals surface area (Å²) in [5.74, 6) is 0.806. The van der Waals surface area contributed by atoms with Crippen molar-refractivity contribution in [3.8, 4) is 0 Å². The maximum Gasteiger partial charge on any atom is 0.263 e. The molecule has 2 aliphatic rings. The van der Waals surface area contributed by atoms with Crippen molar-refractivity contribution < 1.29 is 9.59 Å². The molecule has 2 fully saturated rings. The van der Waals surface area contributed by atoms with Crippen molar-refractivity contribution in [3.05, 3.63) is 52.2 Å². The third kappa shape index (κ3) is 2.98. The highest BCUT2D eigenvalue weighted by atomic mass is 32.2. The van der Waals surface area contributed by atoms with E-state index >= 15 is 0 Å². The largest absolute Gasteiger partial charge is 0.338 e. The third-order valence-electron chi connectivity index (χ3n) is 4.98. The van der Waals surface area contributed by atoms with Crippen LogP contribution in [-0.2, 0) is 4.79 Å². The van der Waals surface area contributed by atoms with Crippen LogP contribution in [0.4, 0.5) is 5.69 Å². The summed E-state index contributed by atoms with van der Waals surface area (Å²) in [7, 11) is 0. The first-order valence-corrected chi connectivity index (χ1v) is 10.3. The second-order valence-electron chi connectivity index (χ2n) is 6.57. The minimum atomic E-state index is -0.210. The average molecular weight is 373 g/mol. The van der Waals surface area contributed by atoms with Crippen molar-refractivity contribution in [2.45, 2.75) is 24.6 Å². The van der Waals surface area contributed by atoms with E-state index in [0.29, 0.717) is 18.8 Å². The number of hydrogen-bond donors (Lipinski definition) is 0. The first-order valence-electron chi connectivity index (χ1n) is 8.46. The second kappa shape index (κ2) is 6.50. The van der Waals surface area contributed by atoms with Gasteiger partial charge in [-0.05, 0) is 43.3 Å². The number of thiophene rings is 1. The molecule has 2 amide bonds. The minimum absolute atomic E-state index is 0.112. The minimum Gasteiger partial charge on any atom is -0.338 e. The molecule has 1 spiro atoms. The summed E-state index contributed by atoms with van der Waals surface area (Å²) in [5, 5.41) is 1.93. The van der Waals surface area contributed by atoms with Crippen LogP contribution >= 0.6 is 23.1 Å². The highest BCUT2D eigenvalue weighted by Gasteiger charge is 2.49. The lowest BCUT2D eigenvalue weighted by molar-refractivity contribution is -0.116. The van der Waals surface area contributed by atoms with Gasteiger partial charge in [-0.25, -0.2) is 0 Å². The normalized spacial score (nSPS) is 19.6. The highest BCUT2D eigenvalue weighted by Crippen LogP contribution is 2.46. The summed E-state index contributed by atoms with van der Waals surface area (Å²) >= 11 is 3.22. The molecule has 0 aliphatic carbocycles. The topological polar surface area (TPSA) is 40.6 Å². The Balaban J connectivity index is 1.53. The summed E-state index contributed by atoms with van der Waals surface area (Å²) < 4.78 is 0. The van der Waals surface area contributed by atoms with Crippen molar-refractivity contribution in [3.63, 3.8) is 0 Å². The van der Waals surface area contributed by atoms with Gasteiger partial charge in [0, 0.05) is 18.8 Å². The molecule has 1 aromatic heterocycles. The molecular formula is C19H20N2O2S2. The average Bonchev–Trinajstić information content (AvgIpc) is 3.26. The zero-order chi connectivity index (χ0) is 17.4. The quantitative estimate of drug-likeness (QED) is 0.806. The lowest BCUT2D eigenvalue weighted by Gasteiger charge is -2.44. The number of nitrogens with zero attached hydrogens (tertiary/aromatic N) is 2. The Labute approximate surface area is 155 Å². The van der Waals surface area contributed by atoms with E-state index in [0.717, 1.165) is 23.4 Å². The molecule has 4 nitrogen and oxygen atoms in total. The van der Waals surface area contributed by atoms with Gasteiger partial charge in [-0.3, -0.25) is 14.5 Å². The number of piperidine rings is 1. The van der Waals surface area contributed by atoms with E-state index in [-0.39, 0.29) is 16.7 Å². The van der Waals surface area contributed by atoms with Crippen LogP contribution in [0.15, 0.2) is 41.8 Å². The van der Waals surface area contributed by atoms with E-state index in [1.54, 1.807) is 11.8 Å². The fourth-order valence-electron chi connectivity index (χ4n) is 3.61. The number of carbonyl (C=O) groups is 2. The van der Waals surface area contributed by atoms with Crippen LogP contribution in [0.5, 0.6) is 0 Å². The van der Waals surface area contributed by atoms with Crippen LogP contribution in [-0.4, -0.2) is 40.4 Å². The molecule has 130 valence electrons. The van der Waals surface area contributed by atoms with Crippen molar-refractivity contribution in [2.24, 2.45) is 0 Å². The Morgan fingerprint density at radius 1 is 1.12 bits per heavy atom. The second-order valence-corrected chi connectivity index (χ2v) is 8.85. The van der Waals surface area contributed by atoms with E-state index in [2.05, 4.69) is 19.1 Å². The van der Waals surface area contributed by atoms with Crippen molar-refractivity contribution in [1.82, 2.24) is 4.90 Å². The van der Waals surface area contributed by atoms with Gasteiger partial charge in [0.05, 0.1) is 15.5 Å². The first kappa shape index (κ1) is 16.7. The number of hydrogen-bond acceptors (Lipinski definition) is 4. The molecule has 0 N–H and O–H groups in total. The molecule has 2 aliphatic heterocycles. The molecule has 4 rings (SSSR count). The van der Waals surface area contributed by atoms with Crippen LogP contribution in [0.25, 0.3) is 0 Å². The molecule has 2 saturated heterocycles. The summed E-state index contributed by atoms with van der Waals surface area (Å²) in [6.07, 6.45) is 1.63. The van der Waals surface area contributed by atoms with Gasteiger partial charge in [0.25, 0.3) is 5.91 Å². The maximum atomic E-state index is 12.6. The summed E-state index contributed by atoms with van der Waals surface area (Å²) in [4.78, 5) is 29.6. The van der Waals surface area contributed by atoms with Crippen LogP contribution < -0.4 is 4.90 Å². The Bertz CT molecular complexity index is 778. The van der Waals surface area contributed by atoms with Gasteiger partial charge < -0.3 is 4.90 Å². The van der Waals surface area contributed by atoms with E-state index in [4.69, 9.17) is 0 Å². The van der Waals surface area contributed by atoms with E-state index in [1.165, 1.54) is 16.9 Å². The lowest BCUT2D eigenvalue weighted by atomic mass is 10.0. The Morgan fingerprint density at radius 2 is 1.84 bits per heavy atom. The number of carbonyl (C=O) groups excluding carboxylic acids is 2. The zero-order valence-corrected chi connectivity index (χ0v) is 15.7. The molecule has 0 radical (unpaired) electrons. The standard InChI is InChI=1S/C19H20N2O2S2/c1-14-4-6-15(7-5-14)21-17(22)13-25-19(21)8-10-20(11-9-19)18(23)16-3-2-12-24-16/h2-7,12H,8-11,13H2,1H3.